The number of hydrogen-bond acceptors (Lipinski definition) is 4. The molecule has 0 fully saturated rings. The topological polar surface area (TPSA) is 68.2 Å². The molecular weight excluding hydrogens is 226 g/mol. The first-order valence-electron chi connectivity index (χ1n) is 6.42. The molecule has 0 radical (unpaired) electrons. The van der Waals surface area contributed by atoms with Crippen LogP contribution in [-0.4, -0.2) is 27.2 Å². The number of anilines is 1. The third-order valence-corrected chi connectivity index (χ3v) is 2.98. The quantitative estimate of drug-likeness (QED) is 0.848. The first-order chi connectivity index (χ1) is 8.61. The lowest BCUT2D eigenvalue weighted by molar-refractivity contribution is 0.713. The van der Waals surface area contributed by atoms with Crippen molar-refractivity contribution in [1.82, 2.24) is 14.6 Å². The highest BCUT2D eigenvalue weighted by Gasteiger charge is 2.11. The molecule has 3 N–H and O–H groups in total. The lowest BCUT2D eigenvalue weighted by Crippen LogP contribution is -2.20. The highest BCUT2D eigenvalue weighted by Crippen LogP contribution is 2.20. The van der Waals surface area contributed by atoms with Crippen LogP contribution < -0.4 is 11.1 Å². The van der Waals surface area contributed by atoms with Gasteiger partial charge in [0.1, 0.15) is 5.52 Å². The molecule has 0 aliphatic rings. The molecule has 0 amide bonds. The second-order valence-corrected chi connectivity index (χ2v) is 4.95. The van der Waals surface area contributed by atoms with Gasteiger partial charge in [0, 0.05) is 18.4 Å². The second kappa shape index (κ2) is 5.35. The van der Waals surface area contributed by atoms with Crippen molar-refractivity contribution in [3.8, 4) is 0 Å². The van der Waals surface area contributed by atoms with Gasteiger partial charge in [-0.05, 0) is 31.9 Å². The highest BCUT2D eigenvalue weighted by atomic mass is 15.2. The van der Waals surface area contributed by atoms with Crippen molar-refractivity contribution in [2.75, 3.05) is 11.9 Å². The molecule has 5 nitrogen and oxygen atoms in total. The summed E-state index contributed by atoms with van der Waals surface area (Å²) in [4.78, 5) is 4.39. The molecule has 0 spiro atoms. The first kappa shape index (κ1) is 12.8. The Bertz CT molecular complexity index is 517. The minimum atomic E-state index is 0.311. The molecule has 0 aromatic carbocycles. The van der Waals surface area contributed by atoms with E-state index in [2.05, 4.69) is 42.2 Å². The Morgan fingerprint density at radius 2 is 2.17 bits per heavy atom. The summed E-state index contributed by atoms with van der Waals surface area (Å²) in [7, 11) is 0. The SMILES string of the molecule is CC(CCN)Nc1nccn2nc(C(C)C)cc12. The summed E-state index contributed by atoms with van der Waals surface area (Å²) < 4.78 is 1.87. The molecule has 0 saturated carbocycles. The summed E-state index contributed by atoms with van der Waals surface area (Å²) in [5.41, 5.74) is 7.66. The van der Waals surface area contributed by atoms with Crippen LogP contribution in [0, 0.1) is 0 Å². The predicted octanol–water partition coefficient (Wildman–Crippen LogP) is 2.00. The van der Waals surface area contributed by atoms with Gasteiger partial charge in [-0.15, -0.1) is 0 Å². The molecule has 98 valence electrons. The van der Waals surface area contributed by atoms with Gasteiger partial charge in [-0.25, -0.2) is 9.50 Å². The van der Waals surface area contributed by atoms with Crippen molar-refractivity contribution in [3.63, 3.8) is 0 Å². The zero-order chi connectivity index (χ0) is 13.1. The molecule has 0 saturated heterocycles. The Labute approximate surface area is 107 Å². The summed E-state index contributed by atoms with van der Waals surface area (Å²) in [6.07, 6.45) is 4.56. The third-order valence-electron chi connectivity index (χ3n) is 2.98. The molecule has 2 rings (SSSR count). The van der Waals surface area contributed by atoms with Gasteiger partial charge in [0.15, 0.2) is 5.82 Å². The van der Waals surface area contributed by atoms with Crippen LogP contribution in [0.5, 0.6) is 0 Å². The van der Waals surface area contributed by atoms with Gasteiger partial charge in [0.05, 0.1) is 5.69 Å². The number of fused-ring (bicyclic) bond motifs is 1. The van der Waals surface area contributed by atoms with E-state index in [1.54, 1.807) is 6.20 Å². The average Bonchev–Trinajstić information content (AvgIpc) is 2.74. The van der Waals surface area contributed by atoms with E-state index in [1.807, 2.05) is 10.7 Å². The van der Waals surface area contributed by atoms with E-state index in [-0.39, 0.29) is 0 Å². The highest BCUT2D eigenvalue weighted by molar-refractivity contribution is 5.68. The van der Waals surface area contributed by atoms with Crippen LogP contribution in [0.4, 0.5) is 5.82 Å². The molecule has 1 unspecified atom stereocenters. The van der Waals surface area contributed by atoms with Gasteiger partial charge in [-0.3, -0.25) is 0 Å². The molecule has 2 aromatic heterocycles. The molecule has 0 aliphatic carbocycles. The fraction of sp³-hybridized carbons (Fsp3) is 0.538. The van der Waals surface area contributed by atoms with Crippen LogP contribution in [-0.2, 0) is 0 Å². The van der Waals surface area contributed by atoms with Crippen molar-refractivity contribution in [3.05, 3.63) is 24.2 Å². The van der Waals surface area contributed by atoms with Crippen LogP contribution >= 0.6 is 0 Å². The summed E-state index contributed by atoms with van der Waals surface area (Å²) in [5.74, 6) is 1.29. The fourth-order valence-corrected chi connectivity index (χ4v) is 1.89. The minimum absolute atomic E-state index is 0.311. The van der Waals surface area contributed by atoms with E-state index < -0.39 is 0 Å². The summed E-state index contributed by atoms with van der Waals surface area (Å²) in [6.45, 7) is 7.06. The lowest BCUT2D eigenvalue weighted by Gasteiger charge is -2.13. The number of nitrogens with one attached hydrogen (secondary N) is 1. The number of aromatic nitrogens is 3. The monoisotopic (exact) mass is 247 g/mol. The Balaban J connectivity index is 2.32. The van der Waals surface area contributed by atoms with Gasteiger partial charge in [0.25, 0.3) is 0 Å². The number of rotatable bonds is 5. The zero-order valence-corrected chi connectivity index (χ0v) is 11.2. The molecule has 1 atom stereocenters. The largest absolute Gasteiger partial charge is 0.366 e. The van der Waals surface area contributed by atoms with Gasteiger partial charge < -0.3 is 11.1 Å². The predicted molar refractivity (Wildman–Crippen MR) is 73.8 cm³/mol. The molecule has 2 aromatic rings. The molecule has 0 bridgehead atoms. The van der Waals surface area contributed by atoms with E-state index in [1.165, 1.54) is 0 Å². The van der Waals surface area contributed by atoms with Crippen LogP contribution in [0.2, 0.25) is 0 Å². The van der Waals surface area contributed by atoms with Crippen molar-refractivity contribution in [2.24, 2.45) is 5.73 Å². The Kier molecular flexibility index (Phi) is 3.81. The molecule has 5 heteroatoms. The zero-order valence-electron chi connectivity index (χ0n) is 11.2. The summed E-state index contributed by atoms with van der Waals surface area (Å²) >= 11 is 0. The summed E-state index contributed by atoms with van der Waals surface area (Å²) in [5, 5.41) is 7.92. The molecule has 18 heavy (non-hydrogen) atoms. The Morgan fingerprint density at radius 1 is 1.39 bits per heavy atom. The maximum atomic E-state index is 5.56. The standard InChI is InChI=1S/C13H21N5/c1-9(2)11-8-12-13(16-10(3)4-5-14)15-6-7-18(12)17-11/h6-10H,4-5,14H2,1-3H3,(H,15,16). The Hall–Kier alpha value is -1.62. The molecule has 0 aliphatic heterocycles. The van der Waals surface area contributed by atoms with Gasteiger partial charge in [-0.2, -0.15) is 5.10 Å². The molecule has 2 heterocycles. The minimum Gasteiger partial charge on any atom is -0.366 e. The number of hydrogen-bond donors (Lipinski definition) is 2. The van der Waals surface area contributed by atoms with Crippen LogP contribution in [0.15, 0.2) is 18.5 Å². The summed E-state index contributed by atoms with van der Waals surface area (Å²) in [6, 6.07) is 2.40. The van der Waals surface area contributed by atoms with E-state index in [9.17, 15) is 0 Å². The van der Waals surface area contributed by atoms with Crippen molar-refractivity contribution in [2.45, 2.75) is 39.2 Å². The first-order valence-corrected chi connectivity index (χ1v) is 6.42. The van der Waals surface area contributed by atoms with Crippen LogP contribution in [0.3, 0.4) is 0 Å². The smallest absolute Gasteiger partial charge is 0.152 e. The maximum Gasteiger partial charge on any atom is 0.152 e. The van der Waals surface area contributed by atoms with Crippen molar-refractivity contribution >= 4 is 11.3 Å². The number of nitrogens with two attached hydrogens (primary N) is 1. The Morgan fingerprint density at radius 3 is 2.83 bits per heavy atom. The number of nitrogens with zero attached hydrogens (tertiary/aromatic N) is 3. The van der Waals surface area contributed by atoms with Gasteiger partial charge in [-0.1, -0.05) is 13.8 Å². The van der Waals surface area contributed by atoms with Gasteiger partial charge >= 0.3 is 0 Å². The fourth-order valence-electron chi connectivity index (χ4n) is 1.89. The van der Waals surface area contributed by atoms with E-state index in [0.717, 1.165) is 23.4 Å². The van der Waals surface area contributed by atoms with Crippen LogP contribution in [0.1, 0.15) is 38.8 Å². The molecular formula is C13H21N5. The average molecular weight is 247 g/mol. The van der Waals surface area contributed by atoms with E-state index in [0.29, 0.717) is 18.5 Å². The maximum absolute atomic E-state index is 5.56. The normalized spacial score (nSPS) is 13.2. The van der Waals surface area contributed by atoms with E-state index >= 15 is 0 Å². The van der Waals surface area contributed by atoms with Crippen LogP contribution in [0.25, 0.3) is 5.52 Å². The van der Waals surface area contributed by atoms with Gasteiger partial charge in [0.2, 0.25) is 0 Å². The lowest BCUT2D eigenvalue weighted by atomic mass is 10.1. The van der Waals surface area contributed by atoms with E-state index in [4.69, 9.17) is 5.73 Å². The van der Waals surface area contributed by atoms with Crippen molar-refractivity contribution < 1.29 is 0 Å². The van der Waals surface area contributed by atoms with Crippen molar-refractivity contribution in [1.29, 1.82) is 0 Å². The third kappa shape index (κ3) is 2.61. The second-order valence-electron chi connectivity index (χ2n) is 4.95.